The van der Waals surface area contributed by atoms with Gasteiger partial charge in [0.1, 0.15) is 0 Å². The van der Waals surface area contributed by atoms with Crippen molar-refractivity contribution in [1.29, 1.82) is 0 Å². The molecule has 0 aliphatic heterocycles. The molecule has 0 aliphatic carbocycles. The monoisotopic (exact) mass is 188 g/mol. The molecule has 0 aromatic carbocycles. The molecule has 0 rings (SSSR count). The summed E-state index contributed by atoms with van der Waals surface area (Å²) in [4.78, 5) is 31.2. The first kappa shape index (κ1) is 11.5. The van der Waals surface area contributed by atoms with Gasteiger partial charge in [0.2, 0.25) is 5.91 Å². The molecule has 0 saturated carbocycles. The Kier molecular flexibility index (Phi) is 5.42. The van der Waals surface area contributed by atoms with Crippen LogP contribution in [0.3, 0.4) is 0 Å². The summed E-state index contributed by atoms with van der Waals surface area (Å²) >= 11 is 0. The van der Waals surface area contributed by atoms with Gasteiger partial charge in [0.15, 0.2) is 6.04 Å². The largest absolute Gasteiger partial charge is 0.481 e. The second-order valence-corrected chi connectivity index (χ2v) is 2.45. The summed E-state index contributed by atoms with van der Waals surface area (Å²) in [5.41, 5.74) is 0. The molecule has 1 amide bonds. The molecular formula is C7H12N2O4. The molecule has 13 heavy (non-hydrogen) atoms. The van der Waals surface area contributed by atoms with Crippen molar-refractivity contribution < 1.29 is 14.7 Å². The number of hydrogen-bond acceptors (Lipinski definition) is 4. The second-order valence-electron chi connectivity index (χ2n) is 2.45. The van der Waals surface area contributed by atoms with Crippen molar-refractivity contribution in [2.45, 2.75) is 25.8 Å². The molecule has 1 unspecified atom stereocenters. The number of amides is 1. The average Bonchev–Trinajstić information content (AvgIpc) is 2.05. The van der Waals surface area contributed by atoms with Crippen LogP contribution < -0.4 is 5.32 Å². The zero-order valence-electron chi connectivity index (χ0n) is 7.32. The molecule has 6 heteroatoms. The van der Waals surface area contributed by atoms with Gasteiger partial charge in [0.05, 0.1) is 0 Å². The number of aliphatic carboxylic acids is 1. The maximum atomic E-state index is 11.0. The van der Waals surface area contributed by atoms with E-state index in [2.05, 4.69) is 10.5 Å². The molecule has 0 heterocycles. The maximum Gasteiger partial charge on any atom is 0.303 e. The summed E-state index contributed by atoms with van der Waals surface area (Å²) in [5, 5.41) is 13.2. The number of carbonyl (C=O) groups excluding carboxylic acids is 1. The number of carboxylic acid groups (broad SMARTS) is 1. The van der Waals surface area contributed by atoms with Crippen molar-refractivity contribution in [2.75, 3.05) is 6.54 Å². The van der Waals surface area contributed by atoms with Crippen LogP contribution in [0.2, 0.25) is 0 Å². The lowest BCUT2D eigenvalue weighted by Crippen LogP contribution is -2.33. The number of hydrogen-bond donors (Lipinski definition) is 2. The van der Waals surface area contributed by atoms with E-state index in [4.69, 9.17) is 5.11 Å². The highest BCUT2D eigenvalue weighted by molar-refractivity contribution is 5.82. The van der Waals surface area contributed by atoms with Gasteiger partial charge in [0, 0.05) is 13.0 Å². The fraction of sp³-hybridized carbons (Fsp3) is 0.714. The van der Waals surface area contributed by atoms with Crippen LogP contribution in [0.4, 0.5) is 0 Å². The Morgan fingerprint density at radius 2 is 2.15 bits per heavy atom. The van der Waals surface area contributed by atoms with E-state index in [1.54, 1.807) is 6.92 Å². The van der Waals surface area contributed by atoms with E-state index < -0.39 is 17.9 Å². The van der Waals surface area contributed by atoms with Crippen LogP contribution in [0.1, 0.15) is 19.8 Å². The highest BCUT2D eigenvalue weighted by atomic mass is 16.4. The minimum Gasteiger partial charge on any atom is -0.481 e. The first-order valence-corrected chi connectivity index (χ1v) is 3.93. The summed E-state index contributed by atoms with van der Waals surface area (Å²) in [6.45, 7) is 2.11. The molecule has 0 radical (unpaired) electrons. The molecule has 0 aromatic heterocycles. The van der Waals surface area contributed by atoms with Gasteiger partial charge in [-0.25, -0.2) is 0 Å². The normalized spacial score (nSPS) is 11.8. The van der Waals surface area contributed by atoms with Crippen molar-refractivity contribution in [3.63, 3.8) is 0 Å². The minimum atomic E-state index is -1.09. The highest BCUT2D eigenvalue weighted by Gasteiger charge is 2.18. The van der Waals surface area contributed by atoms with Gasteiger partial charge >= 0.3 is 5.97 Å². The lowest BCUT2D eigenvalue weighted by atomic mass is 10.1. The van der Waals surface area contributed by atoms with Crippen molar-refractivity contribution >= 4 is 11.9 Å². The predicted molar refractivity (Wildman–Crippen MR) is 45.1 cm³/mol. The number of nitrogens with zero attached hydrogens (tertiary/aromatic N) is 1. The summed E-state index contributed by atoms with van der Waals surface area (Å²) in [5.74, 6) is -1.56. The van der Waals surface area contributed by atoms with E-state index in [1.807, 2.05) is 0 Å². The topological polar surface area (TPSA) is 95.8 Å². The Morgan fingerprint density at radius 1 is 1.54 bits per heavy atom. The molecule has 2 N–H and O–H groups in total. The van der Waals surface area contributed by atoms with E-state index in [-0.39, 0.29) is 12.8 Å². The predicted octanol–water partition coefficient (Wildman–Crippen LogP) is 0.122. The number of rotatable bonds is 6. The number of carboxylic acids is 1. The third-order valence-corrected chi connectivity index (χ3v) is 1.41. The average molecular weight is 188 g/mol. The minimum absolute atomic E-state index is 0.0509. The lowest BCUT2D eigenvalue weighted by molar-refractivity contribution is -0.137. The molecule has 6 nitrogen and oxygen atoms in total. The molecule has 0 fully saturated rings. The molecule has 0 aliphatic rings. The summed E-state index contributed by atoms with van der Waals surface area (Å²) in [6.07, 6.45) is -0.280. The van der Waals surface area contributed by atoms with Gasteiger partial charge in [-0.2, -0.15) is 0 Å². The van der Waals surface area contributed by atoms with E-state index in [9.17, 15) is 14.5 Å². The van der Waals surface area contributed by atoms with Crippen molar-refractivity contribution in [3.05, 3.63) is 4.91 Å². The summed E-state index contributed by atoms with van der Waals surface area (Å²) in [6, 6.07) is -1.09. The molecule has 0 bridgehead atoms. The summed E-state index contributed by atoms with van der Waals surface area (Å²) in [7, 11) is 0. The number of nitroso groups, excluding NO2 is 1. The first-order valence-electron chi connectivity index (χ1n) is 3.93. The van der Waals surface area contributed by atoms with Crippen molar-refractivity contribution in [2.24, 2.45) is 5.18 Å². The molecule has 1 atom stereocenters. The van der Waals surface area contributed by atoms with Crippen LogP contribution >= 0.6 is 0 Å². The van der Waals surface area contributed by atoms with Crippen LogP contribution in [0.25, 0.3) is 0 Å². The van der Waals surface area contributed by atoms with Gasteiger partial charge in [-0.05, 0) is 13.3 Å². The van der Waals surface area contributed by atoms with Gasteiger partial charge in [-0.15, -0.1) is 4.91 Å². The van der Waals surface area contributed by atoms with Gasteiger partial charge in [0.25, 0.3) is 0 Å². The van der Waals surface area contributed by atoms with E-state index >= 15 is 0 Å². The Morgan fingerprint density at radius 3 is 2.54 bits per heavy atom. The van der Waals surface area contributed by atoms with Crippen LogP contribution in [0.5, 0.6) is 0 Å². The van der Waals surface area contributed by atoms with Gasteiger partial charge in [-0.3, -0.25) is 9.59 Å². The third kappa shape index (κ3) is 4.89. The van der Waals surface area contributed by atoms with Gasteiger partial charge < -0.3 is 10.4 Å². The molecular weight excluding hydrogens is 176 g/mol. The smallest absolute Gasteiger partial charge is 0.303 e. The molecule has 74 valence electrons. The SMILES string of the molecule is CCNC(=O)C(CCC(=O)O)N=O. The Hall–Kier alpha value is -1.46. The third-order valence-electron chi connectivity index (χ3n) is 1.41. The lowest BCUT2D eigenvalue weighted by Gasteiger charge is -2.06. The van der Waals surface area contributed by atoms with Crippen LogP contribution in [0, 0.1) is 4.91 Å². The number of likely N-dealkylation sites (N-methyl/N-ethyl adjacent to an activating group) is 1. The van der Waals surface area contributed by atoms with E-state index in [0.717, 1.165) is 0 Å². The van der Waals surface area contributed by atoms with Crippen molar-refractivity contribution in [1.82, 2.24) is 5.32 Å². The van der Waals surface area contributed by atoms with E-state index in [1.165, 1.54) is 0 Å². The molecule has 0 spiro atoms. The summed E-state index contributed by atoms with van der Waals surface area (Å²) < 4.78 is 0. The van der Waals surface area contributed by atoms with Crippen LogP contribution in [-0.4, -0.2) is 29.6 Å². The fourth-order valence-corrected chi connectivity index (χ4v) is 0.784. The zero-order valence-corrected chi connectivity index (χ0v) is 7.32. The van der Waals surface area contributed by atoms with Gasteiger partial charge in [-0.1, -0.05) is 5.18 Å². The van der Waals surface area contributed by atoms with Crippen LogP contribution in [-0.2, 0) is 9.59 Å². The first-order chi connectivity index (χ1) is 6.11. The van der Waals surface area contributed by atoms with Crippen molar-refractivity contribution in [3.8, 4) is 0 Å². The van der Waals surface area contributed by atoms with E-state index in [0.29, 0.717) is 6.54 Å². The highest BCUT2D eigenvalue weighted by Crippen LogP contribution is 2.01. The Labute approximate surface area is 75.3 Å². The Balaban J connectivity index is 3.94. The standard InChI is InChI=1S/C7H12N2O4/c1-2-8-7(12)5(9-13)3-4-6(10)11/h5H,2-4H2,1H3,(H,8,12)(H,10,11). The zero-order chi connectivity index (χ0) is 10.3. The quantitative estimate of drug-likeness (QED) is 0.579. The second kappa shape index (κ2) is 6.10. The molecule has 0 aromatic rings. The maximum absolute atomic E-state index is 11.0. The molecule has 0 saturated heterocycles. The Bertz CT molecular complexity index is 205. The number of nitrogens with one attached hydrogen (secondary N) is 1. The van der Waals surface area contributed by atoms with Crippen LogP contribution in [0.15, 0.2) is 5.18 Å². The fourth-order valence-electron chi connectivity index (χ4n) is 0.784. The number of carbonyl (C=O) groups is 2.